The summed E-state index contributed by atoms with van der Waals surface area (Å²) in [5, 5.41) is 8.94. The first kappa shape index (κ1) is 17.3. The third-order valence-electron chi connectivity index (χ3n) is 3.15. The molecule has 6 heteroatoms. The molecule has 0 heterocycles. The van der Waals surface area contributed by atoms with Gasteiger partial charge >= 0.3 is 0 Å². The number of nitrogens with zero attached hydrogens (tertiary/aromatic N) is 1. The van der Waals surface area contributed by atoms with Crippen molar-refractivity contribution in [3.8, 4) is 11.8 Å². The molecule has 5 nitrogen and oxygen atoms in total. The summed E-state index contributed by atoms with van der Waals surface area (Å²) in [5.74, 6) is 0.459. The number of nitriles is 1. The van der Waals surface area contributed by atoms with Crippen LogP contribution in [0.3, 0.4) is 0 Å². The van der Waals surface area contributed by atoms with Gasteiger partial charge in [-0.05, 0) is 45.7 Å². The van der Waals surface area contributed by atoms with E-state index in [4.69, 9.17) is 15.7 Å². The number of sulfone groups is 1. The van der Waals surface area contributed by atoms with E-state index in [1.807, 2.05) is 6.92 Å². The van der Waals surface area contributed by atoms with Crippen LogP contribution in [0, 0.1) is 16.7 Å². The summed E-state index contributed by atoms with van der Waals surface area (Å²) in [6.07, 6.45) is 0.939. The highest BCUT2D eigenvalue weighted by molar-refractivity contribution is 7.91. The number of anilines is 1. The highest BCUT2D eigenvalue weighted by Gasteiger charge is 2.22. The average molecular weight is 310 g/mol. The second-order valence-corrected chi connectivity index (χ2v) is 7.63. The Morgan fingerprint density at radius 3 is 2.62 bits per heavy atom. The van der Waals surface area contributed by atoms with Crippen molar-refractivity contribution in [3.63, 3.8) is 0 Å². The summed E-state index contributed by atoms with van der Waals surface area (Å²) in [6, 6.07) is 6.82. The molecule has 0 radical (unpaired) electrons. The van der Waals surface area contributed by atoms with Crippen LogP contribution < -0.4 is 10.5 Å². The molecule has 0 aromatic heterocycles. The van der Waals surface area contributed by atoms with E-state index in [1.165, 1.54) is 12.1 Å². The monoisotopic (exact) mass is 310 g/mol. The number of hydrogen-bond donors (Lipinski definition) is 1. The summed E-state index contributed by atoms with van der Waals surface area (Å²) in [4.78, 5) is 0.100. The average Bonchev–Trinajstić information content (AvgIpc) is 2.40. The first-order valence-corrected chi connectivity index (χ1v) is 8.53. The lowest BCUT2D eigenvalue weighted by atomic mass is 9.90. The third kappa shape index (κ3) is 4.94. The molecule has 116 valence electrons. The minimum absolute atomic E-state index is 0.0299. The van der Waals surface area contributed by atoms with Gasteiger partial charge in [0.25, 0.3) is 0 Å². The van der Waals surface area contributed by atoms with Crippen molar-refractivity contribution < 1.29 is 13.2 Å². The molecule has 0 amide bonds. The fourth-order valence-electron chi connectivity index (χ4n) is 1.91. The van der Waals surface area contributed by atoms with Crippen molar-refractivity contribution in [1.29, 1.82) is 5.26 Å². The van der Waals surface area contributed by atoms with Crippen molar-refractivity contribution >= 4 is 15.5 Å². The zero-order valence-electron chi connectivity index (χ0n) is 12.7. The van der Waals surface area contributed by atoms with E-state index in [9.17, 15) is 8.42 Å². The van der Waals surface area contributed by atoms with E-state index in [0.29, 0.717) is 25.2 Å². The van der Waals surface area contributed by atoms with Gasteiger partial charge in [0.1, 0.15) is 5.75 Å². The molecule has 0 aliphatic heterocycles. The smallest absolute Gasteiger partial charge is 0.180 e. The highest BCUT2D eigenvalue weighted by Crippen LogP contribution is 2.27. The van der Waals surface area contributed by atoms with Crippen molar-refractivity contribution in [2.75, 3.05) is 18.1 Å². The van der Waals surface area contributed by atoms with E-state index in [0.717, 1.165) is 0 Å². The van der Waals surface area contributed by atoms with Crippen LogP contribution in [-0.2, 0) is 9.84 Å². The molecular weight excluding hydrogens is 288 g/mol. The van der Waals surface area contributed by atoms with E-state index >= 15 is 0 Å². The Kier molecular flexibility index (Phi) is 5.62. The molecule has 0 aliphatic carbocycles. The van der Waals surface area contributed by atoms with E-state index < -0.39 is 15.3 Å². The molecule has 1 rings (SSSR count). The molecule has 0 bridgehead atoms. The van der Waals surface area contributed by atoms with Crippen LogP contribution >= 0.6 is 0 Å². The predicted molar refractivity (Wildman–Crippen MR) is 82.7 cm³/mol. The largest absolute Gasteiger partial charge is 0.494 e. The highest BCUT2D eigenvalue weighted by atomic mass is 32.2. The molecule has 0 spiro atoms. The third-order valence-corrected chi connectivity index (χ3v) is 5.00. The molecular formula is C15H22N2O3S. The standard InChI is InChI=1S/C15H22N2O3S/c1-4-20-12-6-7-13(17)14(10-12)21(18,19)9-5-8-15(2,3)11-16/h6-7,10H,4-5,8-9,17H2,1-3H3. The van der Waals surface area contributed by atoms with Crippen molar-refractivity contribution in [2.45, 2.75) is 38.5 Å². The number of nitrogen functional groups attached to an aromatic ring is 1. The van der Waals surface area contributed by atoms with Gasteiger partial charge in [0.2, 0.25) is 0 Å². The zero-order valence-corrected chi connectivity index (χ0v) is 13.5. The van der Waals surface area contributed by atoms with Gasteiger partial charge in [-0.3, -0.25) is 0 Å². The molecule has 0 saturated carbocycles. The second-order valence-electron chi connectivity index (χ2n) is 5.55. The number of rotatable bonds is 7. The molecule has 0 atom stereocenters. The van der Waals surface area contributed by atoms with Gasteiger partial charge in [-0.15, -0.1) is 0 Å². The molecule has 0 saturated heterocycles. The molecule has 1 aromatic rings. The maximum absolute atomic E-state index is 12.4. The Morgan fingerprint density at radius 2 is 2.05 bits per heavy atom. The van der Waals surface area contributed by atoms with E-state index in [-0.39, 0.29) is 16.3 Å². The van der Waals surface area contributed by atoms with Crippen LogP contribution in [0.25, 0.3) is 0 Å². The fraction of sp³-hybridized carbons (Fsp3) is 0.533. The van der Waals surface area contributed by atoms with Crippen molar-refractivity contribution in [2.24, 2.45) is 5.41 Å². The summed E-state index contributed by atoms with van der Waals surface area (Å²) in [7, 11) is -3.48. The predicted octanol–water partition coefficient (Wildman–Crippen LogP) is 2.77. The van der Waals surface area contributed by atoms with Gasteiger partial charge in [0.15, 0.2) is 9.84 Å². The summed E-state index contributed by atoms with van der Waals surface area (Å²) in [6.45, 7) is 5.88. The molecule has 0 unspecified atom stereocenters. The van der Waals surface area contributed by atoms with Crippen LogP contribution in [0.15, 0.2) is 23.1 Å². The van der Waals surface area contributed by atoms with Crippen molar-refractivity contribution in [1.82, 2.24) is 0 Å². The summed E-state index contributed by atoms with van der Waals surface area (Å²) in [5.41, 5.74) is 5.47. The Morgan fingerprint density at radius 1 is 1.38 bits per heavy atom. The molecule has 2 N–H and O–H groups in total. The SMILES string of the molecule is CCOc1ccc(N)c(S(=O)(=O)CCCC(C)(C)C#N)c1. The van der Waals surface area contributed by atoms with E-state index in [2.05, 4.69) is 6.07 Å². The Balaban J connectivity index is 2.88. The summed E-state index contributed by atoms with van der Waals surface area (Å²) >= 11 is 0. The Bertz CT molecular complexity index is 631. The van der Waals surface area contributed by atoms with Crippen molar-refractivity contribution in [3.05, 3.63) is 18.2 Å². The lowest BCUT2D eigenvalue weighted by Crippen LogP contribution is -2.14. The molecule has 1 aromatic carbocycles. The van der Waals surface area contributed by atoms with E-state index in [1.54, 1.807) is 19.9 Å². The van der Waals surface area contributed by atoms with Crippen LogP contribution in [0.4, 0.5) is 5.69 Å². The maximum Gasteiger partial charge on any atom is 0.180 e. The van der Waals surface area contributed by atoms with Crippen LogP contribution in [0.2, 0.25) is 0 Å². The normalized spacial score (nSPS) is 11.9. The van der Waals surface area contributed by atoms with Gasteiger partial charge in [0, 0.05) is 6.07 Å². The van der Waals surface area contributed by atoms with Gasteiger partial charge in [-0.1, -0.05) is 0 Å². The summed E-state index contributed by atoms with van der Waals surface area (Å²) < 4.78 is 30.0. The van der Waals surface area contributed by atoms with Crippen LogP contribution in [0.5, 0.6) is 5.75 Å². The number of ether oxygens (including phenoxy) is 1. The quantitative estimate of drug-likeness (QED) is 0.782. The topological polar surface area (TPSA) is 93.2 Å². The van der Waals surface area contributed by atoms with Crippen LogP contribution in [-0.4, -0.2) is 20.8 Å². The van der Waals surface area contributed by atoms with Gasteiger partial charge in [0.05, 0.1) is 34.4 Å². The second kappa shape index (κ2) is 6.81. The zero-order chi connectivity index (χ0) is 16.1. The Labute approximate surface area is 126 Å². The first-order chi connectivity index (χ1) is 9.72. The minimum Gasteiger partial charge on any atom is -0.494 e. The maximum atomic E-state index is 12.4. The van der Waals surface area contributed by atoms with Gasteiger partial charge in [-0.25, -0.2) is 8.42 Å². The number of nitrogens with two attached hydrogens (primary N) is 1. The lowest BCUT2D eigenvalue weighted by Gasteiger charge is -2.15. The Hall–Kier alpha value is -1.74. The molecule has 21 heavy (non-hydrogen) atoms. The minimum atomic E-state index is -3.48. The lowest BCUT2D eigenvalue weighted by molar-refractivity contribution is 0.339. The van der Waals surface area contributed by atoms with Gasteiger partial charge < -0.3 is 10.5 Å². The first-order valence-electron chi connectivity index (χ1n) is 6.88. The molecule has 0 aliphatic rings. The number of benzene rings is 1. The fourth-order valence-corrected chi connectivity index (χ4v) is 3.38. The molecule has 0 fully saturated rings. The van der Waals surface area contributed by atoms with Gasteiger partial charge in [-0.2, -0.15) is 5.26 Å². The van der Waals surface area contributed by atoms with Crippen LogP contribution in [0.1, 0.15) is 33.6 Å². The number of hydrogen-bond acceptors (Lipinski definition) is 5.